The van der Waals surface area contributed by atoms with Crippen LogP contribution in [-0.2, 0) is 9.47 Å². The Morgan fingerprint density at radius 1 is 1.00 bits per heavy atom. The molecule has 2 unspecified atom stereocenters. The van der Waals surface area contributed by atoms with Crippen molar-refractivity contribution in [2.24, 2.45) is 11.8 Å². The summed E-state index contributed by atoms with van der Waals surface area (Å²) in [5.74, 6) is 0.0606. The van der Waals surface area contributed by atoms with E-state index in [1.165, 1.54) is 0 Å². The second kappa shape index (κ2) is 9.74. The van der Waals surface area contributed by atoms with E-state index < -0.39 is 37.3 Å². The molecule has 0 aliphatic carbocycles. The summed E-state index contributed by atoms with van der Waals surface area (Å²) < 4.78 is 10.6. The summed E-state index contributed by atoms with van der Waals surface area (Å²) in [6.45, 7) is 1.57. The van der Waals surface area contributed by atoms with Crippen molar-refractivity contribution >= 4 is 0 Å². The van der Waals surface area contributed by atoms with E-state index >= 15 is 0 Å². The van der Waals surface area contributed by atoms with Crippen LogP contribution in [0.15, 0.2) is 0 Å². The molecule has 1 rings (SSSR count). The molecular weight excluding hydrogens is 296 g/mol. The van der Waals surface area contributed by atoms with Crippen molar-refractivity contribution in [1.29, 1.82) is 0 Å². The maximum atomic E-state index is 9.82. The third-order valence-corrected chi connectivity index (χ3v) is 4.21. The molecule has 132 valence electrons. The molecule has 1 aliphatic rings. The van der Waals surface area contributed by atoms with Gasteiger partial charge in [-0.15, -0.1) is 0 Å². The SMILES string of the molecule is CC(CO)C(CCO)CCO[C@@H]1O[C@H](CO)[C@@H](O)[C@H](O)[C@H]1O. The Hall–Kier alpha value is -0.320. The minimum Gasteiger partial charge on any atom is -0.396 e. The Balaban J connectivity index is 2.48. The van der Waals surface area contributed by atoms with E-state index in [1.807, 2.05) is 6.92 Å². The van der Waals surface area contributed by atoms with Crippen molar-refractivity contribution in [2.45, 2.75) is 50.5 Å². The van der Waals surface area contributed by atoms with Crippen LogP contribution in [0.2, 0.25) is 0 Å². The molecule has 0 aromatic heterocycles. The molecule has 1 aliphatic heterocycles. The molecule has 0 radical (unpaired) electrons. The molecule has 0 aromatic carbocycles. The number of ether oxygens (including phenoxy) is 2. The van der Waals surface area contributed by atoms with E-state index in [1.54, 1.807) is 0 Å². The van der Waals surface area contributed by atoms with Gasteiger partial charge in [-0.05, 0) is 24.7 Å². The Kier molecular flexibility index (Phi) is 8.73. The van der Waals surface area contributed by atoms with Gasteiger partial charge >= 0.3 is 0 Å². The fourth-order valence-corrected chi connectivity index (χ4v) is 2.57. The summed E-state index contributed by atoms with van der Waals surface area (Å²) in [6.07, 6.45) is -5.35. The number of hydrogen-bond donors (Lipinski definition) is 6. The van der Waals surface area contributed by atoms with Crippen molar-refractivity contribution in [1.82, 2.24) is 0 Å². The van der Waals surface area contributed by atoms with Crippen LogP contribution < -0.4 is 0 Å². The topological polar surface area (TPSA) is 140 Å². The van der Waals surface area contributed by atoms with E-state index in [4.69, 9.17) is 19.7 Å². The van der Waals surface area contributed by atoms with Crippen LogP contribution in [0.1, 0.15) is 19.8 Å². The second-order valence-corrected chi connectivity index (χ2v) is 5.79. The quantitative estimate of drug-likeness (QED) is 0.281. The van der Waals surface area contributed by atoms with Gasteiger partial charge in [-0.25, -0.2) is 0 Å². The van der Waals surface area contributed by atoms with Crippen molar-refractivity contribution in [3.63, 3.8) is 0 Å². The molecule has 6 N–H and O–H groups in total. The lowest BCUT2D eigenvalue weighted by Gasteiger charge is -2.39. The van der Waals surface area contributed by atoms with E-state index in [9.17, 15) is 20.4 Å². The van der Waals surface area contributed by atoms with E-state index in [2.05, 4.69) is 0 Å². The Morgan fingerprint density at radius 3 is 2.23 bits per heavy atom. The number of hydrogen-bond acceptors (Lipinski definition) is 8. The molecular formula is C14H28O8. The molecule has 8 heteroatoms. The predicted molar refractivity (Wildman–Crippen MR) is 75.8 cm³/mol. The van der Waals surface area contributed by atoms with Crippen molar-refractivity contribution < 1.29 is 40.1 Å². The average Bonchev–Trinajstić information content (AvgIpc) is 2.53. The summed E-state index contributed by atoms with van der Waals surface area (Å²) in [5, 5.41) is 56.4. The molecule has 0 bridgehead atoms. The van der Waals surface area contributed by atoms with Gasteiger partial charge in [0.15, 0.2) is 6.29 Å². The van der Waals surface area contributed by atoms with Gasteiger partial charge in [-0.1, -0.05) is 6.92 Å². The summed E-state index contributed by atoms with van der Waals surface area (Å²) in [6, 6.07) is 0. The van der Waals surface area contributed by atoms with Gasteiger partial charge in [0.25, 0.3) is 0 Å². The fraction of sp³-hybridized carbons (Fsp3) is 1.00. The van der Waals surface area contributed by atoms with E-state index in [-0.39, 0.29) is 31.7 Å². The van der Waals surface area contributed by atoms with Crippen LogP contribution in [-0.4, -0.2) is 87.8 Å². The van der Waals surface area contributed by atoms with Gasteiger partial charge in [-0.2, -0.15) is 0 Å². The zero-order valence-corrected chi connectivity index (χ0v) is 12.8. The minimum atomic E-state index is -1.46. The van der Waals surface area contributed by atoms with Gasteiger partial charge < -0.3 is 40.1 Å². The predicted octanol–water partition coefficient (Wildman–Crippen LogP) is -2.18. The number of aliphatic hydroxyl groups is 6. The van der Waals surface area contributed by atoms with Crippen LogP contribution in [0.25, 0.3) is 0 Å². The van der Waals surface area contributed by atoms with Crippen LogP contribution in [0.4, 0.5) is 0 Å². The third-order valence-electron chi connectivity index (χ3n) is 4.21. The Bertz CT molecular complexity index is 301. The van der Waals surface area contributed by atoms with Gasteiger partial charge in [0.05, 0.1) is 13.2 Å². The highest BCUT2D eigenvalue weighted by Gasteiger charge is 2.43. The number of aliphatic hydroxyl groups excluding tert-OH is 6. The lowest BCUT2D eigenvalue weighted by atomic mass is 9.89. The Labute approximate surface area is 129 Å². The highest BCUT2D eigenvalue weighted by atomic mass is 16.7. The van der Waals surface area contributed by atoms with Crippen LogP contribution in [0.3, 0.4) is 0 Å². The lowest BCUT2D eigenvalue weighted by molar-refractivity contribution is -0.301. The minimum absolute atomic E-state index is 0.00468. The smallest absolute Gasteiger partial charge is 0.186 e. The van der Waals surface area contributed by atoms with E-state index in [0.717, 1.165) is 0 Å². The van der Waals surface area contributed by atoms with Crippen molar-refractivity contribution in [3.8, 4) is 0 Å². The van der Waals surface area contributed by atoms with E-state index in [0.29, 0.717) is 12.8 Å². The fourth-order valence-electron chi connectivity index (χ4n) is 2.57. The number of rotatable bonds is 9. The first-order chi connectivity index (χ1) is 10.5. The van der Waals surface area contributed by atoms with Gasteiger partial charge in [-0.3, -0.25) is 0 Å². The van der Waals surface area contributed by atoms with Gasteiger partial charge in [0, 0.05) is 13.2 Å². The zero-order chi connectivity index (χ0) is 16.7. The molecule has 0 saturated carbocycles. The maximum absolute atomic E-state index is 9.82. The second-order valence-electron chi connectivity index (χ2n) is 5.79. The van der Waals surface area contributed by atoms with Crippen LogP contribution >= 0.6 is 0 Å². The normalized spacial score (nSPS) is 35.3. The molecule has 1 heterocycles. The molecule has 22 heavy (non-hydrogen) atoms. The van der Waals surface area contributed by atoms with Crippen LogP contribution in [0, 0.1) is 11.8 Å². The first-order valence-corrected chi connectivity index (χ1v) is 7.60. The van der Waals surface area contributed by atoms with Crippen LogP contribution in [0.5, 0.6) is 0 Å². The standard InChI is InChI=1S/C14H28O8/c1-8(6-16)9(2-4-15)3-5-21-14-13(20)12(19)11(18)10(7-17)22-14/h8-20H,2-7H2,1H3/t8?,9?,10-,11-,12+,13-,14-/m1/s1. The van der Waals surface area contributed by atoms with Crippen molar-refractivity contribution in [2.75, 3.05) is 26.4 Å². The monoisotopic (exact) mass is 324 g/mol. The first-order valence-electron chi connectivity index (χ1n) is 7.60. The average molecular weight is 324 g/mol. The molecule has 8 nitrogen and oxygen atoms in total. The first kappa shape index (κ1) is 19.7. The Morgan fingerprint density at radius 2 is 1.68 bits per heavy atom. The van der Waals surface area contributed by atoms with Crippen molar-refractivity contribution in [3.05, 3.63) is 0 Å². The molecule has 7 atom stereocenters. The zero-order valence-electron chi connectivity index (χ0n) is 12.8. The maximum Gasteiger partial charge on any atom is 0.186 e. The molecule has 0 aromatic rings. The lowest BCUT2D eigenvalue weighted by Crippen LogP contribution is -2.59. The largest absolute Gasteiger partial charge is 0.396 e. The molecule has 0 amide bonds. The molecule has 1 saturated heterocycles. The molecule has 0 spiro atoms. The summed E-state index contributed by atoms with van der Waals surface area (Å²) in [7, 11) is 0. The molecule has 1 fully saturated rings. The van der Waals surface area contributed by atoms with Gasteiger partial charge in [0.1, 0.15) is 24.4 Å². The van der Waals surface area contributed by atoms with Gasteiger partial charge in [0.2, 0.25) is 0 Å². The highest BCUT2D eigenvalue weighted by molar-refractivity contribution is 4.88. The summed E-state index contributed by atoms with van der Waals surface area (Å²) in [4.78, 5) is 0. The summed E-state index contributed by atoms with van der Waals surface area (Å²) >= 11 is 0. The summed E-state index contributed by atoms with van der Waals surface area (Å²) in [5.41, 5.74) is 0. The highest BCUT2D eigenvalue weighted by Crippen LogP contribution is 2.24. The third kappa shape index (κ3) is 5.10.